The van der Waals surface area contributed by atoms with Gasteiger partial charge in [-0.1, -0.05) is 23.4 Å². The van der Waals surface area contributed by atoms with Crippen LogP contribution in [0.1, 0.15) is 5.82 Å². The lowest BCUT2D eigenvalue weighted by Gasteiger charge is -2.03. The highest BCUT2D eigenvalue weighted by Gasteiger charge is 2.06. The summed E-state index contributed by atoms with van der Waals surface area (Å²) in [6.07, 6.45) is 1.65. The molecule has 0 bridgehead atoms. The Bertz CT molecular complexity index is 834. The first-order chi connectivity index (χ1) is 10.6. The van der Waals surface area contributed by atoms with Crippen molar-refractivity contribution in [2.75, 3.05) is 5.32 Å². The third-order valence-corrected chi connectivity index (χ3v) is 3.93. The number of imidazole rings is 1. The second-order valence-corrected chi connectivity index (χ2v) is 6.17. The number of nitrogens with two attached hydrogens (primary N) is 1. The number of nitrogens with zero attached hydrogens (tertiary/aromatic N) is 3. The van der Waals surface area contributed by atoms with Gasteiger partial charge in [0.15, 0.2) is 10.3 Å². The van der Waals surface area contributed by atoms with E-state index in [1.54, 1.807) is 12.3 Å². The summed E-state index contributed by atoms with van der Waals surface area (Å²) in [5, 5.41) is 4.23. The predicted octanol–water partition coefficient (Wildman–Crippen LogP) is 2.95. The van der Waals surface area contributed by atoms with E-state index in [1.807, 2.05) is 18.2 Å². The van der Waals surface area contributed by atoms with Crippen LogP contribution in [0.3, 0.4) is 0 Å². The number of anilines is 1. The van der Waals surface area contributed by atoms with Crippen LogP contribution in [-0.4, -0.2) is 25.0 Å². The van der Waals surface area contributed by atoms with E-state index in [4.69, 9.17) is 29.6 Å². The average molecular weight is 351 g/mol. The van der Waals surface area contributed by atoms with Gasteiger partial charge < -0.3 is 16.0 Å². The normalized spacial score (nSPS) is 10.8. The number of aromatic amines is 1. The van der Waals surface area contributed by atoms with Gasteiger partial charge in [-0.05, 0) is 36.5 Å². The molecule has 3 rings (SSSR count). The fourth-order valence-electron chi connectivity index (χ4n) is 1.84. The number of fused-ring (bicyclic) bond motifs is 1. The zero-order chi connectivity index (χ0) is 15.5. The Morgan fingerprint density at radius 1 is 1.36 bits per heavy atom. The van der Waals surface area contributed by atoms with Crippen LogP contribution < -0.4 is 11.1 Å². The Labute approximate surface area is 140 Å². The lowest BCUT2D eigenvalue weighted by atomic mass is 10.3. The zero-order valence-electron chi connectivity index (χ0n) is 11.2. The lowest BCUT2D eigenvalue weighted by molar-refractivity contribution is 0.969. The van der Waals surface area contributed by atoms with Gasteiger partial charge in [0, 0.05) is 11.2 Å². The van der Waals surface area contributed by atoms with Crippen LogP contribution in [0.2, 0.25) is 5.02 Å². The summed E-state index contributed by atoms with van der Waals surface area (Å²) in [5.74, 6) is 2.02. The van der Waals surface area contributed by atoms with Gasteiger partial charge in [0.1, 0.15) is 11.6 Å². The Balaban J connectivity index is 1.72. The fourth-order valence-corrected chi connectivity index (χ4v) is 2.82. The highest BCUT2D eigenvalue weighted by Crippen LogP contribution is 2.22. The van der Waals surface area contributed by atoms with Gasteiger partial charge >= 0.3 is 0 Å². The summed E-state index contributed by atoms with van der Waals surface area (Å²) in [7, 11) is 0. The molecule has 0 aliphatic carbocycles. The molecule has 2 aromatic heterocycles. The molecule has 0 fully saturated rings. The molecule has 0 aliphatic rings. The van der Waals surface area contributed by atoms with Crippen LogP contribution >= 0.6 is 35.6 Å². The number of H-pyrrole nitrogens is 1. The first-order valence-electron chi connectivity index (χ1n) is 6.26. The Kier molecular flexibility index (Phi) is 4.41. The summed E-state index contributed by atoms with van der Waals surface area (Å²) in [5.41, 5.74) is 7.21. The molecule has 0 unspecified atom stereocenters. The van der Waals surface area contributed by atoms with Gasteiger partial charge in [-0.2, -0.15) is 0 Å². The standard InChI is InChI=1S/C13H11ClN6S2/c14-7-1-2-8-9(5-7)18-11(17-8)6-22-13-16-4-3-10(20-13)19-12(15)21/h1-5H,6H2,(H,17,18)(H3,15,16,19,20,21). The quantitative estimate of drug-likeness (QED) is 0.378. The van der Waals surface area contributed by atoms with Crippen LogP contribution in [0.15, 0.2) is 35.6 Å². The van der Waals surface area contributed by atoms with Gasteiger partial charge in [0.25, 0.3) is 0 Å². The van der Waals surface area contributed by atoms with E-state index in [2.05, 4.69) is 25.3 Å². The molecule has 0 spiro atoms. The van der Waals surface area contributed by atoms with E-state index in [0.29, 0.717) is 21.7 Å². The smallest absolute Gasteiger partial charge is 0.189 e. The van der Waals surface area contributed by atoms with Crippen molar-refractivity contribution in [2.45, 2.75) is 10.9 Å². The highest BCUT2D eigenvalue weighted by molar-refractivity contribution is 7.98. The third-order valence-electron chi connectivity index (χ3n) is 2.72. The van der Waals surface area contributed by atoms with E-state index >= 15 is 0 Å². The maximum atomic E-state index is 5.96. The number of rotatable bonds is 4. The molecule has 4 N–H and O–H groups in total. The van der Waals surface area contributed by atoms with Crippen LogP contribution in [-0.2, 0) is 5.75 Å². The van der Waals surface area contributed by atoms with Crippen molar-refractivity contribution in [3.05, 3.63) is 41.3 Å². The van der Waals surface area contributed by atoms with Crippen molar-refractivity contribution in [3.63, 3.8) is 0 Å². The number of thiocarbonyl (C=S) groups is 1. The molecule has 112 valence electrons. The van der Waals surface area contributed by atoms with Gasteiger partial charge in [-0.15, -0.1) is 0 Å². The van der Waals surface area contributed by atoms with Crippen molar-refractivity contribution < 1.29 is 0 Å². The molecule has 22 heavy (non-hydrogen) atoms. The minimum Gasteiger partial charge on any atom is -0.376 e. The number of hydrogen-bond donors (Lipinski definition) is 3. The molecule has 0 radical (unpaired) electrons. The van der Waals surface area contributed by atoms with Crippen LogP contribution in [0.25, 0.3) is 11.0 Å². The number of benzene rings is 1. The molecule has 6 nitrogen and oxygen atoms in total. The average Bonchev–Trinajstić information content (AvgIpc) is 2.87. The summed E-state index contributed by atoms with van der Waals surface area (Å²) in [6.45, 7) is 0. The summed E-state index contributed by atoms with van der Waals surface area (Å²) in [6, 6.07) is 7.24. The Morgan fingerprint density at radius 2 is 2.23 bits per heavy atom. The van der Waals surface area contributed by atoms with Crippen LogP contribution in [0.5, 0.6) is 0 Å². The fraction of sp³-hybridized carbons (Fsp3) is 0.0769. The van der Waals surface area contributed by atoms with Crippen molar-refractivity contribution in [1.82, 2.24) is 19.9 Å². The molecule has 0 saturated carbocycles. The number of hydrogen-bond acceptors (Lipinski definition) is 5. The van der Waals surface area contributed by atoms with Crippen molar-refractivity contribution in [3.8, 4) is 0 Å². The minimum atomic E-state index is 0.170. The molecule has 0 aliphatic heterocycles. The molecular weight excluding hydrogens is 340 g/mol. The van der Waals surface area contributed by atoms with Gasteiger partial charge in [-0.25, -0.2) is 15.0 Å². The molecule has 1 aromatic carbocycles. The summed E-state index contributed by atoms with van der Waals surface area (Å²) < 4.78 is 0. The number of halogens is 1. The maximum Gasteiger partial charge on any atom is 0.189 e. The first-order valence-corrected chi connectivity index (χ1v) is 8.04. The monoisotopic (exact) mass is 350 g/mol. The number of aromatic nitrogens is 4. The van der Waals surface area contributed by atoms with Gasteiger partial charge in [0.2, 0.25) is 0 Å². The second-order valence-electron chi connectivity index (χ2n) is 4.35. The molecule has 0 saturated heterocycles. The van der Waals surface area contributed by atoms with E-state index < -0.39 is 0 Å². The van der Waals surface area contributed by atoms with E-state index in [1.165, 1.54) is 11.8 Å². The topological polar surface area (TPSA) is 92.5 Å². The molecule has 0 atom stereocenters. The number of nitrogens with one attached hydrogen (secondary N) is 2. The molecule has 0 amide bonds. The molecule has 2 heterocycles. The van der Waals surface area contributed by atoms with E-state index in [0.717, 1.165) is 16.9 Å². The largest absolute Gasteiger partial charge is 0.376 e. The maximum absolute atomic E-state index is 5.96. The molecular formula is C13H11ClN6S2. The zero-order valence-corrected chi connectivity index (χ0v) is 13.6. The SMILES string of the molecule is NC(=S)Nc1ccnc(SCc2nc3ccc(Cl)cc3[nH]2)n1. The molecule has 9 heteroatoms. The third kappa shape index (κ3) is 3.65. The summed E-state index contributed by atoms with van der Waals surface area (Å²) >= 11 is 12.2. The van der Waals surface area contributed by atoms with Gasteiger partial charge in [-0.3, -0.25) is 0 Å². The number of thioether (sulfide) groups is 1. The van der Waals surface area contributed by atoms with Crippen molar-refractivity contribution in [1.29, 1.82) is 0 Å². The van der Waals surface area contributed by atoms with Gasteiger partial charge in [0.05, 0.1) is 16.8 Å². The Hall–Kier alpha value is -1.90. The summed E-state index contributed by atoms with van der Waals surface area (Å²) in [4.78, 5) is 16.2. The predicted molar refractivity (Wildman–Crippen MR) is 93.1 cm³/mol. The first kappa shape index (κ1) is 15.0. The molecule has 3 aromatic rings. The van der Waals surface area contributed by atoms with Crippen molar-refractivity contribution in [2.24, 2.45) is 5.73 Å². The van der Waals surface area contributed by atoms with Crippen LogP contribution in [0, 0.1) is 0 Å². The van der Waals surface area contributed by atoms with E-state index in [-0.39, 0.29) is 5.11 Å². The lowest BCUT2D eigenvalue weighted by Crippen LogP contribution is -2.19. The Morgan fingerprint density at radius 3 is 3.05 bits per heavy atom. The highest BCUT2D eigenvalue weighted by atomic mass is 35.5. The minimum absolute atomic E-state index is 0.170. The van der Waals surface area contributed by atoms with E-state index in [9.17, 15) is 0 Å². The second kappa shape index (κ2) is 6.47. The van der Waals surface area contributed by atoms with Crippen LogP contribution in [0.4, 0.5) is 5.82 Å². The van der Waals surface area contributed by atoms with Crippen molar-refractivity contribution >= 4 is 57.5 Å².